The molecule has 6 heteroatoms. The Balaban J connectivity index is 1.37. The average Bonchev–Trinajstić information content (AvgIpc) is 3.24. The van der Waals surface area contributed by atoms with Gasteiger partial charge in [0.15, 0.2) is 0 Å². The van der Waals surface area contributed by atoms with Crippen molar-refractivity contribution in [2.75, 3.05) is 13.1 Å². The predicted octanol–water partition coefficient (Wildman–Crippen LogP) is 0.971. The van der Waals surface area contributed by atoms with Gasteiger partial charge in [-0.1, -0.05) is 42.5 Å². The quantitative estimate of drug-likeness (QED) is 0.658. The number of hydrogen-bond acceptors (Lipinski definition) is 3. The highest BCUT2D eigenvalue weighted by atomic mass is 16.1. The highest BCUT2D eigenvalue weighted by Gasteiger charge is 2.15. The number of nitrogens with one attached hydrogen (secondary N) is 2. The van der Waals surface area contributed by atoms with E-state index in [0.717, 1.165) is 17.5 Å². The van der Waals surface area contributed by atoms with Crippen LogP contribution in [0, 0.1) is 0 Å². The molecule has 1 fully saturated rings. The smallest absolute Gasteiger partial charge is 0.274 e. The topological polar surface area (TPSA) is 68.4 Å². The van der Waals surface area contributed by atoms with E-state index in [4.69, 9.17) is 0 Å². The van der Waals surface area contributed by atoms with E-state index >= 15 is 0 Å². The third-order valence-corrected chi connectivity index (χ3v) is 5.64. The molecule has 0 atom stereocenters. The molecule has 2 heterocycles. The lowest BCUT2D eigenvalue weighted by Gasteiger charge is -2.12. The number of carbonyl (C=O) groups is 1. The standard InChI is InChI=1S/C23H26N4O2/c1-26-23(29)20-7-3-2-6-19(20)21(25-26)14-22(28)24-15-17-8-10-18(11-9-17)16-27-12-4-5-13-27/h2-3,6-11H,4-5,12-16H2,1H3,(H,24,28)/p+1. The first-order chi connectivity index (χ1) is 14.1. The van der Waals surface area contributed by atoms with Crippen molar-refractivity contribution in [1.29, 1.82) is 0 Å². The zero-order chi connectivity index (χ0) is 20.2. The van der Waals surface area contributed by atoms with Crippen LogP contribution in [0.4, 0.5) is 0 Å². The maximum absolute atomic E-state index is 12.5. The van der Waals surface area contributed by atoms with Crippen molar-refractivity contribution in [3.05, 3.63) is 75.7 Å². The van der Waals surface area contributed by atoms with Crippen molar-refractivity contribution in [3.63, 3.8) is 0 Å². The van der Waals surface area contributed by atoms with Crippen LogP contribution in [-0.4, -0.2) is 28.8 Å². The minimum Gasteiger partial charge on any atom is -0.352 e. The molecule has 0 spiro atoms. The molecule has 1 saturated heterocycles. The molecule has 4 rings (SSSR count). The summed E-state index contributed by atoms with van der Waals surface area (Å²) in [6.45, 7) is 4.11. The third-order valence-electron chi connectivity index (χ3n) is 5.64. The molecule has 2 aromatic carbocycles. The zero-order valence-electron chi connectivity index (χ0n) is 16.8. The Morgan fingerprint density at radius 1 is 1.03 bits per heavy atom. The summed E-state index contributed by atoms with van der Waals surface area (Å²) < 4.78 is 1.30. The molecule has 0 aliphatic carbocycles. The maximum Gasteiger partial charge on any atom is 0.274 e. The number of benzene rings is 2. The lowest BCUT2D eigenvalue weighted by atomic mass is 10.1. The molecule has 1 aliphatic rings. The van der Waals surface area contributed by atoms with Gasteiger partial charge in [0.2, 0.25) is 5.91 Å². The largest absolute Gasteiger partial charge is 0.352 e. The molecule has 2 N–H and O–H groups in total. The summed E-state index contributed by atoms with van der Waals surface area (Å²) in [5, 5.41) is 8.59. The van der Waals surface area contributed by atoms with Gasteiger partial charge in [0.05, 0.1) is 30.6 Å². The van der Waals surface area contributed by atoms with Crippen LogP contribution < -0.4 is 15.8 Å². The molecule has 1 aromatic heterocycles. The number of aromatic nitrogens is 2. The number of carbonyl (C=O) groups excluding carboxylic acids is 1. The van der Waals surface area contributed by atoms with Crippen LogP contribution in [0.25, 0.3) is 10.8 Å². The molecule has 1 amide bonds. The number of fused-ring (bicyclic) bond motifs is 1. The van der Waals surface area contributed by atoms with Crippen LogP contribution in [0.15, 0.2) is 53.3 Å². The minimum absolute atomic E-state index is 0.105. The summed E-state index contributed by atoms with van der Waals surface area (Å²) in [6.07, 6.45) is 2.81. The number of rotatable bonds is 6. The highest BCUT2D eigenvalue weighted by molar-refractivity contribution is 5.88. The van der Waals surface area contributed by atoms with E-state index in [1.165, 1.54) is 36.2 Å². The Kier molecular flexibility index (Phi) is 5.71. The lowest BCUT2D eigenvalue weighted by Crippen LogP contribution is -3.08. The predicted molar refractivity (Wildman–Crippen MR) is 113 cm³/mol. The fourth-order valence-corrected chi connectivity index (χ4v) is 4.04. The summed E-state index contributed by atoms with van der Waals surface area (Å²) in [5.41, 5.74) is 2.89. The normalized spacial score (nSPS) is 14.4. The van der Waals surface area contributed by atoms with Crippen LogP contribution >= 0.6 is 0 Å². The van der Waals surface area contributed by atoms with Gasteiger partial charge in [0.25, 0.3) is 5.56 Å². The summed E-state index contributed by atoms with van der Waals surface area (Å²) >= 11 is 0. The zero-order valence-corrected chi connectivity index (χ0v) is 16.8. The van der Waals surface area contributed by atoms with Gasteiger partial charge in [-0.25, -0.2) is 4.68 Å². The second kappa shape index (κ2) is 8.57. The van der Waals surface area contributed by atoms with E-state index in [1.54, 1.807) is 18.0 Å². The molecule has 0 saturated carbocycles. The first-order valence-electron chi connectivity index (χ1n) is 10.2. The van der Waals surface area contributed by atoms with Gasteiger partial charge in [-0.2, -0.15) is 5.10 Å². The third kappa shape index (κ3) is 4.54. The SMILES string of the molecule is Cn1nc(CC(=O)NCc2ccc(C[NH+]3CCCC3)cc2)c2ccccc2c1=O. The molecule has 29 heavy (non-hydrogen) atoms. The van der Waals surface area contributed by atoms with E-state index < -0.39 is 0 Å². The van der Waals surface area contributed by atoms with E-state index in [2.05, 4.69) is 34.7 Å². The second-order valence-corrected chi connectivity index (χ2v) is 7.82. The summed E-state index contributed by atoms with van der Waals surface area (Å²) in [7, 11) is 1.61. The number of amides is 1. The van der Waals surface area contributed by atoms with Crippen LogP contribution in [0.1, 0.15) is 29.7 Å². The van der Waals surface area contributed by atoms with Crippen LogP contribution in [-0.2, 0) is 31.4 Å². The van der Waals surface area contributed by atoms with E-state index in [9.17, 15) is 9.59 Å². The Bertz CT molecular complexity index is 1070. The minimum atomic E-state index is -0.152. The molecule has 0 unspecified atom stereocenters. The number of nitrogens with zero attached hydrogens (tertiary/aromatic N) is 2. The van der Waals surface area contributed by atoms with E-state index in [-0.39, 0.29) is 17.9 Å². The van der Waals surface area contributed by atoms with Crippen molar-refractivity contribution < 1.29 is 9.69 Å². The van der Waals surface area contributed by atoms with Gasteiger partial charge in [0, 0.05) is 37.4 Å². The fraction of sp³-hybridized carbons (Fsp3) is 0.348. The van der Waals surface area contributed by atoms with Crippen molar-refractivity contribution in [3.8, 4) is 0 Å². The molecule has 150 valence electrons. The monoisotopic (exact) mass is 391 g/mol. The van der Waals surface area contributed by atoms with Crippen molar-refractivity contribution in [1.82, 2.24) is 15.1 Å². The molecule has 6 nitrogen and oxygen atoms in total. The number of aryl methyl sites for hydroxylation is 1. The van der Waals surface area contributed by atoms with E-state index in [1.807, 2.05) is 18.2 Å². The summed E-state index contributed by atoms with van der Waals surface area (Å²) in [6, 6.07) is 15.8. The molecular formula is C23H27N4O2+. The first-order valence-corrected chi connectivity index (χ1v) is 10.2. The van der Waals surface area contributed by atoms with E-state index in [0.29, 0.717) is 17.6 Å². The van der Waals surface area contributed by atoms with Crippen molar-refractivity contribution in [2.45, 2.75) is 32.4 Å². The van der Waals surface area contributed by atoms with Gasteiger partial charge < -0.3 is 10.2 Å². The average molecular weight is 391 g/mol. The van der Waals surface area contributed by atoms with Gasteiger partial charge in [0.1, 0.15) is 6.54 Å². The molecule has 3 aromatic rings. The number of hydrogen-bond donors (Lipinski definition) is 2. The number of likely N-dealkylation sites (tertiary alicyclic amines) is 1. The molecular weight excluding hydrogens is 364 g/mol. The van der Waals surface area contributed by atoms with Gasteiger partial charge >= 0.3 is 0 Å². The van der Waals surface area contributed by atoms with Crippen molar-refractivity contribution >= 4 is 16.7 Å². The summed E-state index contributed by atoms with van der Waals surface area (Å²) in [5.74, 6) is -0.105. The van der Waals surface area contributed by atoms with Crippen LogP contribution in [0.2, 0.25) is 0 Å². The fourth-order valence-electron chi connectivity index (χ4n) is 4.04. The Labute approximate surface area is 170 Å². The van der Waals surface area contributed by atoms with Crippen LogP contribution in [0.3, 0.4) is 0 Å². The number of quaternary nitrogens is 1. The summed E-state index contributed by atoms with van der Waals surface area (Å²) in [4.78, 5) is 26.3. The molecule has 0 radical (unpaired) electrons. The van der Waals surface area contributed by atoms with Gasteiger partial charge in [-0.3, -0.25) is 9.59 Å². The Morgan fingerprint density at radius 3 is 2.41 bits per heavy atom. The first kappa shape index (κ1) is 19.3. The van der Waals surface area contributed by atoms with Crippen LogP contribution in [0.5, 0.6) is 0 Å². The Morgan fingerprint density at radius 2 is 1.69 bits per heavy atom. The second-order valence-electron chi connectivity index (χ2n) is 7.82. The highest BCUT2D eigenvalue weighted by Crippen LogP contribution is 2.13. The lowest BCUT2D eigenvalue weighted by molar-refractivity contribution is -0.901. The molecule has 0 bridgehead atoms. The van der Waals surface area contributed by atoms with Crippen molar-refractivity contribution in [2.24, 2.45) is 7.05 Å². The Hall–Kier alpha value is -2.99. The van der Waals surface area contributed by atoms with Gasteiger partial charge in [-0.05, 0) is 11.6 Å². The maximum atomic E-state index is 12.5. The van der Waals surface area contributed by atoms with Gasteiger partial charge in [-0.15, -0.1) is 0 Å². The molecule has 1 aliphatic heterocycles.